The first kappa shape index (κ1) is 16.1. The highest BCUT2D eigenvalue weighted by atomic mass is 32.2. The first-order valence-corrected chi connectivity index (χ1v) is 7.80. The lowest BCUT2D eigenvalue weighted by Crippen LogP contribution is -2.25. The quantitative estimate of drug-likeness (QED) is 0.391. The van der Waals surface area contributed by atoms with Gasteiger partial charge in [-0.25, -0.2) is 0 Å². The molecule has 0 aliphatic rings. The van der Waals surface area contributed by atoms with E-state index in [0.717, 1.165) is 6.42 Å². The minimum Gasteiger partial charge on any atom is -0.352 e. The topological polar surface area (TPSA) is 46.2 Å². The molecular formula is C13H23NO2S. The fourth-order valence-electron chi connectivity index (χ4n) is 1.21. The van der Waals surface area contributed by atoms with Crippen molar-refractivity contribution in [1.29, 1.82) is 0 Å². The summed E-state index contributed by atoms with van der Waals surface area (Å²) in [6, 6.07) is 0. The molecule has 0 radical (unpaired) electrons. The molecule has 0 aromatic heterocycles. The third kappa shape index (κ3) is 13.0. The number of unbranched alkanes of at least 4 members (excludes halogenated alkanes) is 3. The van der Waals surface area contributed by atoms with Gasteiger partial charge in [-0.15, -0.1) is 0 Å². The second kappa shape index (κ2) is 11.6. The molecule has 1 amide bonds. The van der Waals surface area contributed by atoms with Gasteiger partial charge < -0.3 is 5.32 Å². The molecule has 0 rings (SSSR count). The molecule has 1 N–H and O–H groups in total. The summed E-state index contributed by atoms with van der Waals surface area (Å²) in [5, 5.41) is 2.67. The predicted molar refractivity (Wildman–Crippen MR) is 74.4 cm³/mol. The van der Waals surface area contributed by atoms with Crippen molar-refractivity contribution in [2.24, 2.45) is 0 Å². The number of allylic oxidation sites excluding steroid dienone is 3. The second-order valence-electron chi connectivity index (χ2n) is 3.85. The third-order valence-electron chi connectivity index (χ3n) is 2.16. The fourth-order valence-corrected chi connectivity index (χ4v) is 1.60. The van der Waals surface area contributed by atoms with Crippen molar-refractivity contribution in [3.05, 3.63) is 24.3 Å². The van der Waals surface area contributed by atoms with Crippen molar-refractivity contribution in [2.75, 3.05) is 18.6 Å². The van der Waals surface area contributed by atoms with Crippen LogP contribution < -0.4 is 5.32 Å². The lowest BCUT2D eigenvalue weighted by atomic mass is 10.2. The maximum absolute atomic E-state index is 11.2. The number of hydrogen-bond donors (Lipinski definition) is 1. The van der Waals surface area contributed by atoms with Crippen LogP contribution in [0.25, 0.3) is 0 Å². The molecule has 0 heterocycles. The minimum absolute atomic E-state index is 0.131. The van der Waals surface area contributed by atoms with Gasteiger partial charge in [-0.05, 0) is 12.8 Å². The minimum atomic E-state index is -0.847. The fraction of sp³-hybridized carbons (Fsp3) is 0.615. The normalized spacial score (nSPS) is 13.3. The summed E-state index contributed by atoms with van der Waals surface area (Å²) >= 11 is 0. The second-order valence-corrected chi connectivity index (χ2v) is 5.41. The van der Waals surface area contributed by atoms with E-state index in [1.807, 2.05) is 6.08 Å². The molecule has 0 aliphatic heterocycles. The Balaban J connectivity index is 3.55. The largest absolute Gasteiger partial charge is 0.352 e. The lowest BCUT2D eigenvalue weighted by Gasteiger charge is -1.98. The van der Waals surface area contributed by atoms with Gasteiger partial charge in [0, 0.05) is 35.4 Å². The van der Waals surface area contributed by atoms with Crippen LogP contribution in [0.1, 0.15) is 32.6 Å². The summed E-state index contributed by atoms with van der Waals surface area (Å²) in [7, 11) is -0.847. The number of nitrogens with one attached hydrogen (secondary N) is 1. The molecule has 0 aromatic carbocycles. The van der Waals surface area contributed by atoms with E-state index in [9.17, 15) is 9.00 Å². The summed E-state index contributed by atoms with van der Waals surface area (Å²) in [6.07, 6.45) is 13.6. The Morgan fingerprint density at radius 2 is 2.06 bits per heavy atom. The number of rotatable bonds is 9. The first-order chi connectivity index (χ1) is 8.16. The Labute approximate surface area is 107 Å². The van der Waals surface area contributed by atoms with Crippen LogP contribution in [0.3, 0.4) is 0 Å². The Morgan fingerprint density at radius 3 is 2.71 bits per heavy atom. The molecular weight excluding hydrogens is 234 g/mol. The third-order valence-corrected chi connectivity index (χ3v) is 2.94. The van der Waals surface area contributed by atoms with Crippen LogP contribution in [0.2, 0.25) is 0 Å². The Kier molecular flexibility index (Phi) is 11.0. The zero-order valence-electron chi connectivity index (χ0n) is 10.8. The van der Waals surface area contributed by atoms with Gasteiger partial charge in [0.15, 0.2) is 0 Å². The van der Waals surface area contributed by atoms with E-state index >= 15 is 0 Å². The Bertz CT molecular complexity index is 285. The van der Waals surface area contributed by atoms with Crippen molar-refractivity contribution >= 4 is 16.7 Å². The average molecular weight is 257 g/mol. The summed E-state index contributed by atoms with van der Waals surface area (Å²) in [5.41, 5.74) is 0. The molecule has 98 valence electrons. The maximum Gasteiger partial charge on any atom is 0.244 e. The van der Waals surface area contributed by atoms with E-state index in [4.69, 9.17) is 0 Å². The van der Waals surface area contributed by atoms with Crippen LogP contribution in [0.4, 0.5) is 0 Å². The summed E-state index contributed by atoms with van der Waals surface area (Å²) in [4.78, 5) is 11.2. The van der Waals surface area contributed by atoms with E-state index in [2.05, 4.69) is 18.3 Å². The van der Waals surface area contributed by atoms with Gasteiger partial charge >= 0.3 is 0 Å². The molecule has 0 bridgehead atoms. The van der Waals surface area contributed by atoms with Gasteiger partial charge in [0.2, 0.25) is 5.91 Å². The monoisotopic (exact) mass is 257 g/mol. The van der Waals surface area contributed by atoms with Gasteiger partial charge in [0.1, 0.15) is 0 Å². The van der Waals surface area contributed by atoms with Crippen LogP contribution in [-0.2, 0) is 15.6 Å². The van der Waals surface area contributed by atoms with Crippen LogP contribution >= 0.6 is 0 Å². The van der Waals surface area contributed by atoms with Crippen molar-refractivity contribution < 1.29 is 9.00 Å². The summed E-state index contributed by atoms with van der Waals surface area (Å²) in [5.74, 6) is 0.376. The Hall–Kier alpha value is -0.900. The molecule has 1 unspecified atom stereocenters. The van der Waals surface area contributed by atoms with Crippen molar-refractivity contribution in [1.82, 2.24) is 5.32 Å². The standard InChI is InChI=1S/C13H23NO2S/c1-3-4-5-6-7-8-9-10-13(15)14-11-12-17(2)16/h7-10H,3-6,11-12H2,1-2H3,(H,14,15)/b8-7+,10-9+. The molecule has 0 saturated carbocycles. The van der Waals surface area contributed by atoms with Gasteiger partial charge in [0.25, 0.3) is 0 Å². The highest BCUT2D eigenvalue weighted by Crippen LogP contribution is 1.99. The molecule has 0 spiro atoms. The zero-order chi connectivity index (χ0) is 12.9. The van der Waals surface area contributed by atoms with Crippen LogP contribution in [0.5, 0.6) is 0 Å². The van der Waals surface area contributed by atoms with Crippen molar-refractivity contribution in [3.8, 4) is 0 Å². The van der Waals surface area contributed by atoms with E-state index in [1.54, 1.807) is 12.3 Å². The van der Waals surface area contributed by atoms with E-state index in [0.29, 0.717) is 12.3 Å². The lowest BCUT2D eigenvalue weighted by molar-refractivity contribution is -0.116. The summed E-state index contributed by atoms with van der Waals surface area (Å²) < 4.78 is 10.7. The maximum atomic E-state index is 11.2. The van der Waals surface area contributed by atoms with Crippen molar-refractivity contribution in [3.63, 3.8) is 0 Å². The first-order valence-electron chi connectivity index (χ1n) is 6.08. The predicted octanol–water partition coefficient (Wildman–Crippen LogP) is 2.17. The molecule has 4 heteroatoms. The SMILES string of the molecule is CCCCC/C=C/C=C/C(=O)NCCS(C)=O. The molecule has 3 nitrogen and oxygen atoms in total. The average Bonchev–Trinajstić information content (AvgIpc) is 2.27. The van der Waals surface area contributed by atoms with Crippen LogP contribution in [0, 0.1) is 0 Å². The van der Waals surface area contributed by atoms with Crippen LogP contribution in [0.15, 0.2) is 24.3 Å². The molecule has 0 fully saturated rings. The van der Waals surface area contributed by atoms with Gasteiger partial charge in [-0.1, -0.05) is 38.0 Å². The van der Waals surface area contributed by atoms with E-state index in [1.165, 1.54) is 25.3 Å². The molecule has 0 saturated heterocycles. The van der Waals surface area contributed by atoms with Gasteiger partial charge in [-0.2, -0.15) is 0 Å². The van der Waals surface area contributed by atoms with Crippen molar-refractivity contribution in [2.45, 2.75) is 32.6 Å². The van der Waals surface area contributed by atoms with E-state index in [-0.39, 0.29) is 5.91 Å². The van der Waals surface area contributed by atoms with E-state index < -0.39 is 10.8 Å². The summed E-state index contributed by atoms with van der Waals surface area (Å²) in [6.45, 7) is 2.64. The van der Waals surface area contributed by atoms with Gasteiger partial charge in [-0.3, -0.25) is 9.00 Å². The number of amides is 1. The highest BCUT2D eigenvalue weighted by molar-refractivity contribution is 7.84. The van der Waals surface area contributed by atoms with Gasteiger partial charge in [0.05, 0.1) is 0 Å². The van der Waals surface area contributed by atoms with Crippen LogP contribution in [-0.4, -0.2) is 28.7 Å². The number of carbonyl (C=O) groups is 1. The Morgan fingerprint density at radius 1 is 1.29 bits per heavy atom. The molecule has 0 aliphatic carbocycles. The molecule has 1 atom stereocenters. The number of hydrogen-bond acceptors (Lipinski definition) is 2. The number of carbonyl (C=O) groups excluding carboxylic acids is 1. The highest BCUT2D eigenvalue weighted by Gasteiger charge is 1.94. The molecule has 17 heavy (non-hydrogen) atoms. The smallest absolute Gasteiger partial charge is 0.244 e. The molecule has 0 aromatic rings. The zero-order valence-corrected chi connectivity index (χ0v) is 11.6.